The number of rotatable bonds is 2. The minimum Gasteiger partial charge on any atom is -0.504 e. The van der Waals surface area contributed by atoms with E-state index in [1.165, 1.54) is 24.3 Å². The molecule has 100 valence electrons. The van der Waals surface area contributed by atoms with Gasteiger partial charge in [0, 0.05) is 17.2 Å². The summed E-state index contributed by atoms with van der Waals surface area (Å²) in [7, 11) is -3.92. The predicted octanol–water partition coefficient (Wildman–Crippen LogP) is 3.24. The molecule has 0 aromatic heterocycles. The van der Waals surface area contributed by atoms with Crippen LogP contribution in [0.25, 0.3) is 0 Å². The Balaban J connectivity index is 2.67. The van der Waals surface area contributed by atoms with Crippen LogP contribution in [0, 0.1) is 0 Å². The molecule has 0 spiro atoms. The van der Waals surface area contributed by atoms with Crippen molar-refractivity contribution in [2.24, 2.45) is 0 Å². The molecule has 19 heavy (non-hydrogen) atoms. The zero-order valence-electron chi connectivity index (χ0n) is 9.34. The highest BCUT2D eigenvalue weighted by Gasteiger charge is 2.23. The minimum absolute atomic E-state index is 0.0491. The van der Waals surface area contributed by atoms with Crippen molar-refractivity contribution in [3.8, 4) is 11.5 Å². The molecule has 4 nitrogen and oxygen atoms in total. The monoisotopic (exact) mass is 318 g/mol. The molecule has 0 saturated heterocycles. The highest BCUT2D eigenvalue weighted by atomic mass is 35.5. The first-order valence-electron chi connectivity index (χ1n) is 5.04. The Kier molecular flexibility index (Phi) is 3.62. The van der Waals surface area contributed by atoms with Gasteiger partial charge in [-0.1, -0.05) is 29.3 Å². The third kappa shape index (κ3) is 2.63. The topological polar surface area (TPSA) is 74.6 Å². The quantitative estimate of drug-likeness (QED) is 0.833. The number of hydrogen-bond donors (Lipinski definition) is 2. The van der Waals surface area contributed by atoms with Crippen LogP contribution in [-0.4, -0.2) is 18.6 Å². The molecule has 2 rings (SSSR count). The molecule has 0 bridgehead atoms. The standard InChI is InChI=1S/C12H8Cl2O4S/c13-7-2-1-3-8(4-7)19(17,18)12-6-11(16)10(15)5-9(12)14/h1-6,15-16H. The van der Waals surface area contributed by atoms with E-state index in [0.29, 0.717) is 0 Å². The Morgan fingerprint density at radius 2 is 1.58 bits per heavy atom. The third-order valence-corrected chi connectivity index (χ3v) is 4.88. The van der Waals surface area contributed by atoms with Gasteiger partial charge in [0.2, 0.25) is 9.84 Å². The lowest BCUT2D eigenvalue weighted by atomic mass is 10.3. The SMILES string of the molecule is O=S(=O)(c1cccc(Cl)c1)c1cc(O)c(O)cc1Cl. The van der Waals surface area contributed by atoms with Crippen molar-refractivity contribution in [1.29, 1.82) is 0 Å². The second-order valence-corrected chi connectivity index (χ2v) is 6.49. The smallest absolute Gasteiger partial charge is 0.208 e. The van der Waals surface area contributed by atoms with Gasteiger partial charge in [0.25, 0.3) is 0 Å². The molecular formula is C12H8Cl2O4S. The summed E-state index contributed by atoms with van der Waals surface area (Å²) in [5.41, 5.74) is 0. The summed E-state index contributed by atoms with van der Waals surface area (Å²) < 4.78 is 24.7. The minimum atomic E-state index is -3.92. The van der Waals surface area contributed by atoms with Crippen LogP contribution in [0.15, 0.2) is 46.2 Å². The number of halogens is 2. The van der Waals surface area contributed by atoms with Crippen LogP contribution < -0.4 is 0 Å². The van der Waals surface area contributed by atoms with Crippen LogP contribution in [0.1, 0.15) is 0 Å². The van der Waals surface area contributed by atoms with Gasteiger partial charge >= 0.3 is 0 Å². The van der Waals surface area contributed by atoms with E-state index >= 15 is 0 Å². The van der Waals surface area contributed by atoms with Crippen LogP contribution in [0.4, 0.5) is 0 Å². The number of sulfone groups is 1. The predicted molar refractivity (Wildman–Crippen MR) is 71.7 cm³/mol. The lowest BCUT2D eigenvalue weighted by Gasteiger charge is -2.08. The van der Waals surface area contributed by atoms with Crippen LogP contribution in [0.3, 0.4) is 0 Å². The second-order valence-electron chi connectivity index (χ2n) is 3.73. The number of benzene rings is 2. The van der Waals surface area contributed by atoms with Crippen molar-refractivity contribution in [3.05, 3.63) is 46.4 Å². The molecule has 0 atom stereocenters. The van der Waals surface area contributed by atoms with Crippen LogP contribution in [-0.2, 0) is 9.84 Å². The van der Waals surface area contributed by atoms with Gasteiger partial charge < -0.3 is 10.2 Å². The molecule has 0 heterocycles. The maximum absolute atomic E-state index is 12.3. The third-order valence-electron chi connectivity index (χ3n) is 2.42. The molecule has 0 amide bonds. The molecule has 2 aromatic rings. The van der Waals surface area contributed by atoms with E-state index in [1.807, 2.05) is 0 Å². The Bertz CT molecular complexity index is 741. The first kappa shape index (κ1) is 14.0. The summed E-state index contributed by atoms with van der Waals surface area (Å²) in [5, 5.41) is 18.7. The van der Waals surface area contributed by atoms with Crippen LogP contribution in [0.2, 0.25) is 10.0 Å². The number of phenolic OH excluding ortho intramolecular Hbond substituents is 2. The fourth-order valence-electron chi connectivity index (χ4n) is 1.50. The van der Waals surface area contributed by atoms with Crippen molar-refractivity contribution in [2.45, 2.75) is 9.79 Å². The lowest BCUT2D eigenvalue weighted by Crippen LogP contribution is -2.02. The van der Waals surface area contributed by atoms with Crippen molar-refractivity contribution in [3.63, 3.8) is 0 Å². The fraction of sp³-hybridized carbons (Fsp3) is 0. The van der Waals surface area contributed by atoms with Gasteiger partial charge in [-0.25, -0.2) is 8.42 Å². The van der Waals surface area contributed by atoms with E-state index in [4.69, 9.17) is 23.2 Å². The Morgan fingerprint density at radius 3 is 2.21 bits per heavy atom. The molecule has 0 fully saturated rings. The molecule has 0 aliphatic rings. The largest absolute Gasteiger partial charge is 0.504 e. The summed E-state index contributed by atoms with van der Waals surface area (Å²) in [6.45, 7) is 0. The van der Waals surface area contributed by atoms with Gasteiger partial charge in [0.15, 0.2) is 11.5 Å². The molecule has 0 radical (unpaired) electrons. The van der Waals surface area contributed by atoms with E-state index in [2.05, 4.69) is 0 Å². The maximum atomic E-state index is 12.3. The molecule has 7 heteroatoms. The van der Waals surface area contributed by atoms with Crippen molar-refractivity contribution in [1.82, 2.24) is 0 Å². The number of hydrogen-bond acceptors (Lipinski definition) is 4. The Morgan fingerprint density at radius 1 is 0.947 bits per heavy atom. The van der Waals surface area contributed by atoms with Gasteiger partial charge in [-0.15, -0.1) is 0 Å². The normalized spacial score (nSPS) is 11.5. The van der Waals surface area contributed by atoms with Gasteiger partial charge in [-0.2, -0.15) is 0 Å². The number of aromatic hydroxyl groups is 2. The number of phenols is 2. The van der Waals surface area contributed by atoms with Crippen molar-refractivity contribution < 1.29 is 18.6 Å². The van der Waals surface area contributed by atoms with E-state index < -0.39 is 21.3 Å². The zero-order chi connectivity index (χ0) is 14.2. The van der Waals surface area contributed by atoms with E-state index in [9.17, 15) is 18.6 Å². The van der Waals surface area contributed by atoms with Gasteiger partial charge in [-0.3, -0.25) is 0 Å². The Labute approximate surface area is 119 Å². The van der Waals surface area contributed by atoms with Crippen molar-refractivity contribution in [2.75, 3.05) is 0 Å². The van der Waals surface area contributed by atoms with Crippen molar-refractivity contribution >= 4 is 33.0 Å². The van der Waals surface area contributed by atoms with Gasteiger partial charge in [-0.05, 0) is 18.2 Å². The molecule has 0 aliphatic carbocycles. The average Bonchev–Trinajstić information content (AvgIpc) is 2.33. The molecule has 0 saturated carbocycles. The Hall–Kier alpha value is -1.43. The molecule has 2 aromatic carbocycles. The average molecular weight is 319 g/mol. The fourth-order valence-corrected chi connectivity index (χ4v) is 3.59. The van der Waals surface area contributed by atoms with Gasteiger partial charge in [0.05, 0.1) is 14.8 Å². The molecule has 0 aliphatic heterocycles. The summed E-state index contributed by atoms with van der Waals surface area (Å²) in [6, 6.07) is 7.53. The van der Waals surface area contributed by atoms with E-state index in [-0.39, 0.29) is 19.8 Å². The van der Waals surface area contributed by atoms with Crippen LogP contribution in [0.5, 0.6) is 11.5 Å². The van der Waals surface area contributed by atoms with E-state index in [0.717, 1.165) is 12.1 Å². The first-order chi connectivity index (χ1) is 8.82. The zero-order valence-corrected chi connectivity index (χ0v) is 11.7. The highest BCUT2D eigenvalue weighted by Crippen LogP contribution is 2.36. The first-order valence-corrected chi connectivity index (χ1v) is 7.28. The second kappa shape index (κ2) is 4.92. The molecular weight excluding hydrogens is 311 g/mol. The highest BCUT2D eigenvalue weighted by molar-refractivity contribution is 7.91. The summed E-state index contributed by atoms with van der Waals surface area (Å²) >= 11 is 11.5. The lowest BCUT2D eigenvalue weighted by molar-refractivity contribution is 0.402. The summed E-state index contributed by atoms with van der Waals surface area (Å²) in [4.78, 5) is -0.348. The van der Waals surface area contributed by atoms with E-state index in [1.54, 1.807) is 0 Å². The van der Waals surface area contributed by atoms with Crippen LogP contribution >= 0.6 is 23.2 Å². The summed E-state index contributed by atoms with van der Waals surface area (Å²) in [6.07, 6.45) is 0. The summed E-state index contributed by atoms with van der Waals surface area (Å²) in [5.74, 6) is -1.06. The maximum Gasteiger partial charge on any atom is 0.208 e. The van der Waals surface area contributed by atoms with Gasteiger partial charge in [0.1, 0.15) is 0 Å². The molecule has 2 N–H and O–H groups in total. The molecule has 0 unspecified atom stereocenters.